The van der Waals surface area contributed by atoms with Crippen LogP contribution in [-0.2, 0) is 4.74 Å². The van der Waals surface area contributed by atoms with Crippen LogP contribution in [0.1, 0.15) is 18.4 Å². The lowest BCUT2D eigenvalue weighted by Crippen LogP contribution is -2.18. The molecule has 1 N–H and O–H groups in total. The topological polar surface area (TPSA) is 34.2 Å². The Balaban J connectivity index is 1.92. The quantitative estimate of drug-likeness (QED) is 0.805. The average Bonchev–Trinajstić information content (AvgIpc) is 2.65. The minimum Gasteiger partial charge on any atom is -0.376 e. The highest BCUT2D eigenvalue weighted by Gasteiger charge is 2.14. The van der Waals surface area contributed by atoms with Crippen LogP contribution < -0.4 is 5.32 Å². The van der Waals surface area contributed by atoms with Crippen molar-refractivity contribution in [2.24, 2.45) is 0 Å². The Kier molecular flexibility index (Phi) is 3.44. The van der Waals surface area contributed by atoms with Crippen molar-refractivity contribution in [3.63, 3.8) is 0 Å². The predicted molar refractivity (Wildman–Crippen MR) is 61.4 cm³/mol. The Morgan fingerprint density at radius 3 is 3.13 bits per heavy atom. The van der Waals surface area contributed by atoms with Gasteiger partial charge in [-0.2, -0.15) is 0 Å². The SMILES string of the molecule is Cc1cc(Cl)nc(NCC2CCCO2)c1. The van der Waals surface area contributed by atoms with Gasteiger partial charge in [0.25, 0.3) is 0 Å². The first kappa shape index (κ1) is 10.7. The second-order valence-electron chi connectivity index (χ2n) is 3.87. The maximum Gasteiger partial charge on any atom is 0.131 e. The molecule has 0 spiro atoms. The van der Waals surface area contributed by atoms with Crippen molar-refractivity contribution in [3.8, 4) is 0 Å². The third-order valence-electron chi connectivity index (χ3n) is 2.47. The summed E-state index contributed by atoms with van der Waals surface area (Å²) < 4.78 is 5.51. The van der Waals surface area contributed by atoms with Crippen molar-refractivity contribution >= 4 is 17.4 Å². The fourth-order valence-corrected chi connectivity index (χ4v) is 2.00. The molecule has 0 bridgehead atoms. The Labute approximate surface area is 94.8 Å². The first-order chi connectivity index (χ1) is 7.24. The van der Waals surface area contributed by atoms with Crippen LogP contribution in [0.2, 0.25) is 5.15 Å². The van der Waals surface area contributed by atoms with E-state index in [1.807, 2.05) is 19.1 Å². The minimum atomic E-state index is 0.325. The van der Waals surface area contributed by atoms with Crippen molar-refractivity contribution in [3.05, 3.63) is 22.8 Å². The molecule has 1 saturated heterocycles. The van der Waals surface area contributed by atoms with E-state index in [2.05, 4.69) is 10.3 Å². The highest BCUT2D eigenvalue weighted by atomic mass is 35.5. The zero-order valence-electron chi connectivity index (χ0n) is 8.79. The van der Waals surface area contributed by atoms with E-state index in [-0.39, 0.29) is 0 Å². The molecule has 0 amide bonds. The molecule has 1 aliphatic rings. The standard InChI is InChI=1S/C11H15ClN2O/c1-8-5-10(12)14-11(6-8)13-7-9-3-2-4-15-9/h5-6,9H,2-4,7H2,1H3,(H,13,14). The van der Waals surface area contributed by atoms with E-state index >= 15 is 0 Å². The average molecular weight is 227 g/mol. The summed E-state index contributed by atoms with van der Waals surface area (Å²) in [6, 6.07) is 3.83. The van der Waals surface area contributed by atoms with Gasteiger partial charge >= 0.3 is 0 Å². The zero-order chi connectivity index (χ0) is 10.7. The van der Waals surface area contributed by atoms with Crippen LogP contribution in [0.5, 0.6) is 0 Å². The van der Waals surface area contributed by atoms with Gasteiger partial charge in [0, 0.05) is 13.2 Å². The molecular formula is C11H15ClN2O. The fraction of sp³-hybridized carbons (Fsp3) is 0.545. The highest BCUT2D eigenvalue weighted by Crippen LogP contribution is 2.16. The summed E-state index contributed by atoms with van der Waals surface area (Å²) in [5, 5.41) is 3.78. The summed E-state index contributed by atoms with van der Waals surface area (Å²) in [6.45, 7) is 3.70. The molecule has 1 atom stereocenters. The molecule has 0 aliphatic carbocycles. The normalized spacial score (nSPS) is 20.5. The van der Waals surface area contributed by atoms with Crippen LogP contribution in [0.3, 0.4) is 0 Å². The van der Waals surface area contributed by atoms with Gasteiger partial charge in [-0.05, 0) is 37.5 Å². The van der Waals surface area contributed by atoms with Gasteiger partial charge in [-0.3, -0.25) is 0 Å². The van der Waals surface area contributed by atoms with E-state index in [0.29, 0.717) is 11.3 Å². The Bertz CT molecular complexity index is 317. The van der Waals surface area contributed by atoms with Crippen LogP contribution >= 0.6 is 11.6 Å². The third-order valence-corrected chi connectivity index (χ3v) is 2.67. The van der Waals surface area contributed by atoms with Gasteiger partial charge in [0.1, 0.15) is 11.0 Å². The van der Waals surface area contributed by atoms with E-state index in [1.165, 1.54) is 0 Å². The second-order valence-corrected chi connectivity index (χ2v) is 4.26. The predicted octanol–water partition coefficient (Wildman–Crippen LogP) is 2.63. The van der Waals surface area contributed by atoms with Crippen molar-refractivity contribution in [2.75, 3.05) is 18.5 Å². The van der Waals surface area contributed by atoms with E-state index < -0.39 is 0 Å². The number of anilines is 1. The van der Waals surface area contributed by atoms with Crippen molar-refractivity contribution in [2.45, 2.75) is 25.9 Å². The van der Waals surface area contributed by atoms with Gasteiger partial charge in [0.05, 0.1) is 6.10 Å². The number of nitrogens with zero attached hydrogens (tertiary/aromatic N) is 1. The molecule has 2 rings (SSSR count). The maximum absolute atomic E-state index is 5.86. The number of nitrogens with one attached hydrogen (secondary N) is 1. The van der Waals surface area contributed by atoms with Gasteiger partial charge in [-0.1, -0.05) is 11.6 Å². The molecule has 0 radical (unpaired) electrons. The number of pyridine rings is 1. The Morgan fingerprint density at radius 1 is 1.60 bits per heavy atom. The molecule has 1 fully saturated rings. The minimum absolute atomic E-state index is 0.325. The molecule has 4 heteroatoms. The molecule has 0 saturated carbocycles. The first-order valence-corrected chi connectivity index (χ1v) is 5.61. The van der Waals surface area contributed by atoms with E-state index in [9.17, 15) is 0 Å². The number of halogens is 1. The van der Waals surface area contributed by atoms with Gasteiger partial charge in [-0.15, -0.1) is 0 Å². The third kappa shape index (κ3) is 3.08. The molecule has 1 unspecified atom stereocenters. The lowest BCUT2D eigenvalue weighted by molar-refractivity contribution is 0.120. The van der Waals surface area contributed by atoms with Crippen LogP contribution in [0, 0.1) is 6.92 Å². The van der Waals surface area contributed by atoms with E-state index in [0.717, 1.165) is 37.4 Å². The highest BCUT2D eigenvalue weighted by molar-refractivity contribution is 6.29. The van der Waals surface area contributed by atoms with E-state index in [4.69, 9.17) is 16.3 Å². The summed E-state index contributed by atoms with van der Waals surface area (Å²) in [5.74, 6) is 0.829. The number of aryl methyl sites for hydroxylation is 1. The molecule has 1 aliphatic heterocycles. The van der Waals surface area contributed by atoms with Crippen molar-refractivity contribution in [1.29, 1.82) is 0 Å². The summed E-state index contributed by atoms with van der Waals surface area (Å²) in [7, 11) is 0. The summed E-state index contributed by atoms with van der Waals surface area (Å²) >= 11 is 5.86. The molecule has 82 valence electrons. The van der Waals surface area contributed by atoms with Crippen LogP contribution in [-0.4, -0.2) is 24.2 Å². The summed E-state index contributed by atoms with van der Waals surface area (Å²) in [6.07, 6.45) is 2.62. The maximum atomic E-state index is 5.86. The van der Waals surface area contributed by atoms with Crippen LogP contribution in [0.25, 0.3) is 0 Å². The first-order valence-electron chi connectivity index (χ1n) is 5.24. The fourth-order valence-electron chi connectivity index (χ4n) is 1.74. The number of hydrogen-bond donors (Lipinski definition) is 1. The smallest absolute Gasteiger partial charge is 0.131 e. The number of aromatic nitrogens is 1. The lowest BCUT2D eigenvalue weighted by atomic mass is 10.2. The Hall–Kier alpha value is -0.800. The van der Waals surface area contributed by atoms with Gasteiger partial charge in [0.15, 0.2) is 0 Å². The van der Waals surface area contributed by atoms with Crippen molar-refractivity contribution < 1.29 is 4.74 Å². The molecule has 15 heavy (non-hydrogen) atoms. The molecular weight excluding hydrogens is 212 g/mol. The van der Waals surface area contributed by atoms with Crippen LogP contribution in [0.15, 0.2) is 12.1 Å². The van der Waals surface area contributed by atoms with Gasteiger partial charge < -0.3 is 10.1 Å². The zero-order valence-corrected chi connectivity index (χ0v) is 9.55. The molecule has 3 nitrogen and oxygen atoms in total. The number of rotatable bonds is 3. The summed E-state index contributed by atoms with van der Waals surface area (Å²) in [5.41, 5.74) is 1.12. The molecule has 0 aromatic carbocycles. The number of ether oxygens (including phenoxy) is 1. The van der Waals surface area contributed by atoms with Gasteiger partial charge in [-0.25, -0.2) is 4.98 Å². The molecule has 1 aromatic heterocycles. The van der Waals surface area contributed by atoms with Crippen molar-refractivity contribution in [1.82, 2.24) is 4.98 Å². The number of hydrogen-bond acceptors (Lipinski definition) is 3. The lowest BCUT2D eigenvalue weighted by Gasteiger charge is -2.11. The second kappa shape index (κ2) is 4.81. The largest absolute Gasteiger partial charge is 0.376 e. The van der Waals surface area contributed by atoms with Gasteiger partial charge in [0.2, 0.25) is 0 Å². The Morgan fingerprint density at radius 2 is 2.47 bits per heavy atom. The molecule has 1 aromatic rings. The molecule has 2 heterocycles. The van der Waals surface area contributed by atoms with Crippen LogP contribution in [0.4, 0.5) is 5.82 Å². The van der Waals surface area contributed by atoms with E-state index in [1.54, 1.807) is 0 Å². The monoisotopic (exact) mass is 226 g/mol. The summed E-state index contributed by atoms with van der Waals surface area (Å²) in [4.78, 5) is 4.19.